The van der Waals surface area contributed by atoms with Crippen molar-refractivity contribution in [2.45, 2.75) is 33.1 Å². The Hall–Kier alpha value is -1.31. The van der Waals surface area contributed by atoms with Crippen molar-refractivity contribution in [2.75, 3.05) is 13.2 Å². The molecule has 0 unspecified atom stereocenters. The quantitative estimate of drug-likeness (QED) is 0.621. The number of aliphatic hydroxyl groups excluding tert-OH is 1. The second-order valence-electron chi connectivity index (χ2n) is 4.73. The van der Waals surface area contributed by atoms with E-state index < -0.39 is 0 Å². The second kappa shape index (κ2) is 8.73. The summed E-state index contributed by atoms with van der Waals surface area (Å²) < 4.78 is 0. The van der Waals surface area contributed by atoms with E-state index in [0.717, 1.165) is 18.4 Å². The highest BCUT2D eigenvalue weighted by Crippen LogP contribution is 2.15. The van der Waals surface area contributed by atoms with E-state index in [9.17, 15) is 4.79 Å². The van der Waals surface area contributed by atoms with Crippen LogP contribution in [0.3, 0.4) is 0 Å². The van der Waals surface area contributed by atoms with Crippen molar-refractivity contribution in [2.24, 2.45) is 5.92 Å². The Morgan fingerprint density at radius 3 is 3.00 bits per heavy atom. The van der Waals surface area contributed by atoms with Gasteiger partial charge in [0.1, 0.15) is 4.88 Å². The van der Waals surface area contributed by atoms with Gasteiger partial charge < -0.3 is 10.4 Å². The molecule has 0 fully saturated rings. The highest BCUT2D eigenvalue weighted by molar-refractivity contribution is 7.12. The fourth-order valence-electron chi connectivity index (χ4n) is 1.59. The first-order chi connectivity index (χ1) is 9.15. The number of carbonyl (C=O) groups excluding carboxylic acids is 1. The van der Waals surface area contributed by atoms with Gasteiger partial charge in [0, 0.05) is 18.5 Å². The topological polar surface area (TPSA) is 49.3 Å². The van der Waals surface area contributed by atoms with E-state index in [1.807, 2.05) is 11.4 Å². The first-order valence-corrected chi connectivity index (χ1v) is 7.48. The third-order valence-corrected chi connectivity index (χ3v) is 3.49. The van der Waals surface area contributed by atoms with E-state index in [1.54, 1.807) is 0 Å². The maximum absolute atomic E-state index is 12.0. The fraction of sp³-hybridized carbons (Fsp3) is 0.533. The maximum atomic E-state index is 12.0. The van der Waals surface area contributed by atoms with Gasteiger partial charge in [-0.2, -0.15) is 0 Å². The summed E-state index contributed by atoms with van der Waals surface area (Å²) in [5, 5.41) is 13.5. The van der Waals surface area contributed by atoms with Crippen molar-refractivity contribution >= 4 is 17.2 Å². The van der Waals surface area contributed by atoms with E-state index in [4.69, 9.17) is 5.11 Å². The summed E-state index contributed by atoms with van der Waals surface area (Å²) >= 11 is 1.40. The van der Waals surface area contributed by atoms with Gasteiger partial charge in [-0.3, -0.25) is 4.79 Å². The number of amides is 1. The molecule has 0 spiro atoms. The average molecular weight is 279 g/mol. The summed E-state index contributed by atoms with van der Waals surface area (Å²) in [6.07, 6.45) is 2.56. The van der Waals surface area contributed by atoms with Crippen molar-refractivity contribution in [1.82, 2.24) is 5.32 Å². The Balaban J connectivity index is 2.49. The molecule has 0 aliphatic carbocycles. The van der Waals surface area contributed by atoms with Gasteiger partial charge in [-0.25, -0.2) is 0 Å². The molecule has 0 atom stereocenters. The lowest BCUT2D eigenvalue weighted by Gasteiger charge is -2.06. The minimum atomic E-state index is -0.0490. The largest absolute Gasteiger partial charge is 0.395 e. The number of thiophene rings is 1. The molecule has 1 amide bonds. The van der Waals surface area contributed by atoms with Crippen LogP contribution in [0.4, 0.5) is 0 Å². The maximum Gasteiger partial charge on any atom is 0.262 e. The van der Waals surface area contributed by atoms with Crippen LogP contribution in [-0.4, -0.2) is 24.2 Å². The number of rotatable bonds is 6. The third-order valence-electron chi connectivity index (χ3n) is 2.58. The number of nitrogens with one attached hydrogen (secondary N) is 1. The van der Waals surface area contributed by atoms with Crippen molar-refractivity contribution in [3.8, 4) is 11.8 Å². The zero-order valence-corrected chi connectivity index (χ0v) is 12.3. The van der Waals surface area contributed by atoms with Gasteiger partial charge in [0.25, 0.3) is 5.91 Å². The predicted molar refractivity (Wildman–Crippen MR) is 79.3 cm³/mol. The summed E-state index contributed by atoms with van der Waals surface area (Å²) in [6, 6.07) is 1.85. The summed E-state index contributed by atoms with van der Waals surface area (Å²) in [7, 11) is 0. The monoisotopic (exact) mass is 279 g/mol. The Bertz CT molecular complexity index is 454. The van der Waals surface area contributed by atoms with Crippen LogP contribution in [0.15, 0.2) is 11.4 Å². The van der Waals surface area contributed by atoms with E-state index >= 15 is 0 Å². The van der Waals surface area contributed by atoms with E-state index in [0.29, 0.717) is 23.8 Å². The van der Waals surface area contributed by atoms with Crippen LogP contribution in [0.1, 0.15) is 48.3 Å². The van der Waals surface area contributed by atoms with Gasteiger partial charge in [0.15, 0.2) is 0 Å². The number of hydrogen-bond donors (Lipinski definition) is 2. The Kier molecular flexibility index (Phi) is 7.24. The van der Waals surface area contributed by atoms with Crippen LogP contribution in [0.5, 0.6) is 0 Å². The molecule has 3 nitrogen and oxygen atoms in total. The summed E-state index contributed by atoms with van der Waals surface area (Å²) in [5.74, 6) is 6.38. The van der Waals surface area contributed by atoms with Crippen LogP contribution in [0.2, 0.25) is 0 Å². The van der Waals surface area contributed by atoms with Crippen LogP contribution in [0.25, 0.3) is 0 Å². The van der Waals surface area contributed by atoms with Crippen molar-refractivity contribution < 1.29 is 9.90 Å². The molecule has 0 saturated carbocycles. The smallest absolute Gasteiger partial charge is 0.262 e. The molecule has 0 bridgehead atoms. The van der Waals surface area contributed by atoms with Crippen molar-refractivity contribution in [3.05, 3.63) is 21.9 Å². The van der Waals surface area contributed by atoms with E-state index in [2.05, 4.69) is 31.0 Å². The molecule has 0 aliphatic rings. The zero-order valence-electron chi connectivity index (χ0n) is 11.5. The number of carbonyl (C=O) groups is 1. The van der Waals surface area contributed by atoms with Gasteiger partial charge >= 0.3 is 0 Å². The normalized spacial score (nSPS) is 10.1. The van der Waals surface area contributed by atoms with Gasteiger partial charge in [-0.05, 0) is 30.2 Å². The Morgan fingerprint density at radius 2 is 2.32 bits per heavy atom. The molecule has 104 valence electrons. The molecule has 1 heterocycles. The van der Waals surface area contributed by atoms with E-state index in [1.165, 1.54) is 11.3 Å². The first-order valence-electron chi connectivity index (χ1n) is 6.60. The SMILES string of the molecule is CC(C)CCCNC(=O)c1sccc1C#CCCO. The van der Waals surface area contributed by atoms with Gasteiger partial charge in [0.2, 0.25) is 0 Å². The molecule has 19 heavy (non-hydrogen) atoms. The molecular formula is C15H21NO2S. The van der Waals surface area contributed by atoms with Gasteiger partial charge in [0.05, 0.1) is 6.61 Å². The Morgan fingerprint density at radius 1 is 1.53 bits per heavy atom. The summed E-state index contributed by atoms with van der Waals surface area (Å²) in [4.78, 5) is 12.6. The highest BCUT2D eigenvalue weighted by atomic mass is 32.1. The second-order valence-corrected chi connectivity index (χ2v) is 5.65. The molecule has 0 aromatic carbocycles. The van der Waals surface area contributed by atoms with Crippen LogP contribution in [0, 0.1) is 17.8 Å². The molecule has 2 N–H and O–H groups in total. The lowest BCUT2D eigenvalue weighted by Crippen LogP contribution is -2.24. The highest BCUT2D eigenvalue weighted by Gasteiger charge is 2.11. The average Bonchev–Trinajstić information content (AvgIpc) is 2.83. The Labute approximate surface area is 119 Å². The van der Waals surface area contributed by atoms with Crippen LogP contribution >= 0.6 is 11.3 Å². The minimum Gasteiger partial charge on any atom is -0.395 e. The zero-order chi connectivity index (χ0) is 14.1. The standard InChI is InChI=1S/C15H21NO2S/c1-12(2)6-5-9-16-15(18)14-13(8-11-19-14)7-3-4-10-17/h8,11-12,17H,4-6,9-10H2,1-2H3,(H,16,18). The van der Waals surface area contributed by atoms with E-state index in [-0.39, 0.29) is 12.5 Å². The minimum absolute atomic E-state index is 0.0490. The van der Waals surface area contributed by atoms with Crippen LogP contribution < -0.4 is 5.32 Å². The lowest BCUT2D eigenvalue weighted by atomic mass is 10.1. The first kappa shape index (κ1) is 15.7. The summed E-state index contributed by atoms with van der Waals surface area (Å²) in [5.41, 5.74) is 0.750. The molecule has 1 aromatic rings. The molecule has 1 rings (SSSR count). The van der Waals surface area contributed by atoms with Crippen LogP contribution in [-0.2, 0) is 0 Å². The number of aliphatic hydroxyl groups is 1. The molecule has 4 heteroatoms. The summed E-state index contributed by atoms with van der Waals surface area (Å²) in [6.45, 7) is 5.11. The molecule has 0 radical (unpaired) electrons. The lowest BCUT2D eigenvalue weighted by molar-refractivity contribution is 0.0956. The van der Waals surface area contributed by atoms with Crippen molar-refractivity contribution in [3.63, 3.8) is 0 Å². The molecule has 1 aromatic heterocycles. The van der Waals surface area contributed by atoms with Crippen molar-refractivity contribution in [1.29, 1.82) is 0 Å². The fourth-order valence-corrected chi connectivity index (χ4v) is 2.36. The molecular weight excluding hydrogens is 258 g/mol. The van der Waals surface area contributed by atoms with Gasteiger partial charge in [-0.1, -0.05) is 25.7 Å². The van der Waals surface area contributed by atoms with Gasteiger partial charge in [-0.15, -0.1) is 11.3 Å². The predicted octanol–water partition coefficient (Wildman–Crippen LogP) is 2.65. The number of hydrogen-bond acceptors (Lipinski definition) is 3. The third kappa shape index (κ3) is 5.91. The molecule has 0 aliphatic heterocycles. The molecule has 0 saturated heterocycles.